The van der Waals surface area contributed by atoms with Crippen molar-refractivity contribution < 1.29 is 23.5 Å². The molecule has 0 fully saturated rings. The minimum absolute atomic E-state index is 0.0316. The third-order valence-corrected chi connectivity index (χ3v) is 5.51. The van der Waals surface area contributed by atoms with Crippen molar-refractivity contribution in [2.24, 2.45) is 0 Å². The van der Waals surface area contributed by atoms with E-state index in [0.29, 0.717) is 33.5 Å². The second-order valence-corrected chi connectivity index (χ2v) is 8.25. The lowest BCUT2D eigenvalue weighted by molar-refractivity contribution is -0.114. The SMILES string of the molecule is COc1ccc(-c2oc3c(C)cc(C)cc3c(=O)c2OCC(=O)c2ccc(NC(C)=O)cc2)cc1. The molecule has 0 saturated heterocycles. The molecule has 0 saturated carbocycles. The summed E-state index contributed by atoms with van der Waals surface area (Å²) in [5, 5.41) is 3.04. The maximum absolute atomic E-state index is 13.5. The number of carbonyl (C=O) groups excluding carboxylic acids is 2. The molecule has 4 aromatic rings. The summed E-state index contributed by atoms with van der Waals surface area (Å²) in [5.74, 6) is 0.345. The molecule has 1 aromatic heterocycles. The van der Waals surface area contributed by atoms with Gasteiger partial charge in [-0.2, -0.15) is 0 Å². The molecule has 4 rings (SSSR count). The number of fused-ring (bicyclic) bond motifs is 1. The number of methoxy groups -OCH3 is 1. The molecule has 35 heavy (non-hydrogen) atoms. The quantitative estimate of drug-likeness (QED) is 0.367. The summed E-state index contributed by atoms with van der Waals surface area (Å²) in [6.45, 7) is 4.83. The van der Waals surface area contributed by atoms with E-state index in [1.165, 1.54) is 6.92 Å². The number of hydrogen-bond acceptors (Lipinski definition) is 6. The molecule has 178 valence electrons. The summed E-state index contributed by atoms with van der Waals surface area (Å²) in [5.41, 5.74) is 3.46. The standard InChI is InChI=1S/C28H25NO6/c1-16-13-17(2)26-23(14-16)25(32)28(27(35-26)20-7-11-22(33-4)12-8-20)34-15-24(31)19-5-9-21(10-6-19)29-18(3)30/h5-14H,15H2,1-4H3,(H,29,30). The maximum atomic E-state index is 13.5. The van der Waals surface area contributed by atoms with Gasteiger partial charge in [-0.05, 0) is 79.6 Å². The first kappa shape index (κ1) is 23.8. The zero-order valence-corrected chi connectivity index (χ0v) is 19.9. The number of ketones is 1. The van der Waals surface area contributed by atoms with Gasteiger partial charge in [0.15, 0.2) is 18.2 Å². The van der Waals surface area contributed by atoms with Crippen molar-refractivity contribution >= 4 is 28.3 Å². The second kappa shape index (κ2) is 9.85. The fourth-order valence-corrected chi connectivity index (χ4v) is 3.86. The van der Waals surface area contributed by atoms with Crippen molar-refractivity contribution in [3.8, 4) is 22.8 Å². The zero-order valence-electron chi connectivity index (χ0n) is 19.9. The van der Waals surface area contributed by atoms with Crippen molar-refractivity contribution in [3.63, 3.8) is 0 Å². The lowest BCUT2D eigenvalue weighted by atomic mass is 10.1. The number of benzene rings is 3. The lowest BCUT2D eigenvalue weighted by Gasteiger charge is -2.13. The van der Waals surface area contributed by atoms with E-state index in [9.17, 15) is 14.4 Å². The fourth-order valence-electron chi connectivity index (χ4n) is 3.86. The van der Waals surface area contributed by atoms with E-state index >= 15 is 0 Å². The molecule has 1 amide bonds. The van der Waals surface area contributed by atoms with Crippen LogP contribution in [0.1, 0.15) is 28.4 Å². The Kier molecular flexibility index (Phi) is 6.68. The Balaban J connectivity index is 1.72. The molecule has 0 atom stereocenters. The molecule has 0 aliphatic rings. The molecule has 0 unspecified atom stereocenters. The van der Waals surface area contributed by atoms with Gasteiger partial charge >= 0.3 is 0 Å². The van der Waals surface area contributed by atoms with Crippen molar-refractivity contribution in [2.45, 2.75) is 20.8 Å². The summed E-state index contributed by atoms with van der Waals surface area (Å²) in [7, 11) is 1.57. The Labute approximate surface area is 202 Å². The van der Waals surface area contributed by atoms with E-state index in [1.807, 2.05) is 19.9 Å². The summed E-state index contributed by atoms with van der Waals surface area (Å²) in [4.78, 5) is 37.5. The lowest BCUT2D eigenvalue weighted by Crippen LogP contribution is -2.17. The molecule has 0 spiro atoms. The highest BCUT2D eigenvalue weighted by atomic mass is 16.5. The number of rotatable bonds is 7. The zero-order chi connectivity index (χ0) is 25.1. The maximum Gasteiger partial charge on any atom is 0.235 e. The first-order valence-electron chi connectivity index (χ1n) is 11.0. The normalized spacial score (nSPS) is 10.7. The third-order valence-electron chi connectivity index (χ3n) is 5.51. The van der Waals surface area contributed by atoms with Crippen LogP contribution in [0.25, 0.3) is 22.3 Å². The first-order valence-corrected chi connectivity index (χ1v) is 11.0. The molecule has 0 bridgehead atoms. The molecule has 7 heteroatoms. The number of nitrogens with one attached hydrogen (secondary N) is 1. The van der Waals surface area contributed by atoms with Crippen LogP contribution in [0.5, 0.6) is 11.5 Å². The fraction of sp³-hybridized carbons (Fsp3) is 0.179. The topological polar surface area (TPSA) is 94.8 Å². The van der Waals surface area contributed by atoms with Crippen LogP contribution in [0.3, 0.4) is 0 Å². The monoisotopic (exact) mass is 471 g/mol. The van der Waals surface area contributed by atoms with Gasteiger partial charge < -0.3 is 19.2 Å². The van der Waals surface area contributed by atoms with Crippen LogP contribution in [0.15, 0.2) is 69.9 Å². The Bertz CT molecular complexity index is 1470. The van der Waals surface area contributed by atoms with Gasteiger partial charge in [0.1, 0.15) is 11.3 Å². The average Bonchev–Trinajstić information content (AvgIpc) is 2.84. The highest BCUT2D eigenvalue weighted by Gasteiger charge is 2.20. The van der Waals surface area contributed by atoms with Gasteiger partial charge in [0.25, 0.3) is 0 Å². The number of amides is 1. The van der Waals surface area contributed by atoms with Crippen molar-refractivity contribution in [1.82, 2.24) is 0 Å². The minimum Gasteiger partial charge on any atom is -0.497 e. The Morgan fingerprint density at radius 1 is 0.971 bits per heavy atom. The van der Waals surface area contributed by atoms with Crippen LogP contribution in [-0.2, 0) is 4.79 Å². The van der Waals surface area contributed by atoms with Crippen LogP contribution < -0.4 is 20.2 Å². The van der Waals surface area contributed by atoms with E-state index in [0.717, 1.165) is 11.1 Å². The number of hydrogen-bond donors (Lipinski definition) is 1. The van der Waals surface area contributed by atoms with E-state index in [4.69, 9.17) is 13.9 Å². The number of ether oxygens (including phenoxy) is 2. The summed E-state index contributed by atoms with van der Waals surface area (Å²) in [6.07, 6.45) is 0. The van der Waals surface area contributed by atoms with Gasteiger partial charge in [-0.15, -0.1) is 0 Å². The van der Waals surface area contributed by atoms with Gasteiger partial charge in [0.05, 0.1) is 12.5 Å². The number of aryl methyl sites for hydroxylation is 2. The minimum atomic E-state index is -0.357. The molecule has 0 aliphatic heterocycles. The second-order valence-electron chi connectivity index (χ2n) is 8.25. The van der Waals surface area contributed by atoms with Crippen LogP contribution >= 0.6 is 0 Å². The Morgan fingerprint density at radius 3 is 2.29 bits per heavy atom. The van der Waals surface area contributed by atoms with Crippen molar-refractivity contribution in [1.29, 1.82) is 0 Å². The van der Waals surface area contributed by atoms with Gasteiger partial charge in [0.2, 0.25) is 17.1 Å². The van der Waals surface area contributed by atoms with Crippen molar-refractivity contribution in [3.05, 3.63) is 87.6 Å². The Hall–Kier alpha value is -4.39. The smallest absolute Gasteiger partial charge is 0.235 e. The number of carbonyl (C=O) groups is 2. The summed E-state index contributed by atoms with van der Waals surface area (Å²) in [6, 6.07) is 17.2. The van der Waals surface area contributed by atoms with E-state index in [2.05, 4.69) is 5.32 Å². The predicted molar refractivity (Wildman–Crippen MR) is 135 cm³/mol. The molecule has 0 radical (unpaired) electrons. The third kappa shape index (κ3) is 5.09. The van der Waals surface area contributed by atoms with Crippen LogP contribution in [0.4, 0.5) is 5.69 Å². The predicted octanol–water partition coefficient (Wildman–Crippen LogP) is 5.31. The highest BCUT2D eigenvalue weighted by molar-refractivity contribution is 5.98. The molecule has 7 nitrogen and oxygen atoms in total. The average molecular weight is 472 g/mol. The van der Waals surface area contributed by atoms with Gasteiger partial charge in [-0.25, -0.2) is 0 Å². The molecule has 0 aliphatic carbocycles. The van der Waals surface area contributed by atoms with Crippen LogP contribution in [-0.4, -0.2) is 25.4 Å². The van der Waals surface area contributed by atoms with Gasteiger partial charge in [-0.1, -0.05) is 6.07 Å². The molecule has 3 aromatic carbocycles. The van der Waals surface area contributed by atoms with Gasteiger partial charge in [0, 0.05) is 23.7 Å². The molecular weight excluding hydrogens is 446 g/mol. The van der Waals surface area contributed by atoms with Gasteiger partial charge in [-0.3, -0.25) is 14.4 Å². The summed E-state index contributed by atoms with van der Waals surface area (Å²) < 4.78 is 17.2. The molecule has 1 N–H and O–H groups in total. The molecule has 1 heterocycles. The summed E-state index contributed by atoms with van der Waals surface area (Å²) >= 11 is 0. The van der Waals surface area contributed by atoms with E-state index in [-0.39, 0.29) is 35.2 Å². The first-order chi connectivity index (χ1) is 16.8. The highest BCUT2D eigenvalue weighted by Crippen LogP contribution is 2.33. The van der Waals surface area contributed by atoms with Crippen LogP contribution in [0, 0.1) is 13.8 Å². The largest absolute Gasteiger partial charge is 0.497 e. The van der Waals surface area contributed by atoms with Crippen molar-refractivity contribution in [2.75, 3.05) is 19.0 Å². The molecular formula is C28H25NO6. The van der Waals surface area contributed by atoms with E-state index < -0.39 is 0 Å². The number of anilines is 1. The Morgan fingerprint density at radius 2 is 1.66 bits per heavy atom. The van der Waals surface area contributed by atoms with E-state index in [1.54, 1.807) is 61.7 Å². The van der Waals surface area contributed by atoms with Crippen LogP contribution in [0.2, 0.25) is 0 Å². The number of Topliss-reactive ketones (excluding diaryl/α,β-unsaturated/α-hetero) is 1.